The van der Waals surface area contributed by atoms with Crippen molar-refractivity contribution >= 4 is 10.0 Å². The topological polar surface area (TPSA) is 76.3 Å². The molecule has 2 N–H and O–H groups in total. The second kappa shape index (κ2) is 5.12. The lowest BCUT2D eigenvalue weighted by Crippen LogP contribution is -2.34. The zero-order valence-corrected chi connectivity index (χ0v) is 10.4. The summed E-state index contributed by atoms with van der Waals surface area (Å²) >= 11 is 0. The summed E-state index contributed by atoms with van der Waals surface area (Å²) in [4.78, 5) is 3.90. The minimum atomic E-state index is -3.16. The minimum Gasteiger partial charge on any atom is -0.326 e. The van der Waals surface area contributed by atoms with Crippen LogP contribution in [0.3, 0.4) is 0 Å². The number of hydrogen-bond acceptors (Lipinski definition) is 4. The number of hydrogen-bond donors (Lipinski definition) is 1. The van der Waals surface area contributed by atoms with Gasteiger partial charge in [-0.25, -0.2) is 12.7 Å². The van der Waals surface area contributed by atoms with Crippen LogP contribution in [0.25, 0.3) is 0 Å². The molecule has 0 radical (unpaired) electrons. The maximum atomic E-state index is 12.0. The average Bonchev–Trinajstić information content (AvgIpc) is 2.76. The summed E-state index contributed by atoms with van der Waals surface area (Å²) < 4.78 is 25.5. The summed E-state index contributed by atoms with van der Waals surface area (Å²) in [7, 11) is -3.16. The van der Waals surface area contributed by atoms with Crippen LogP contribution in [0.1, 0.15) is 12.0 Å². The van der Waals surface area contributed by atoms with Crippen molar-refractivity contribution in [3.63, 3.8) is 0 Å². The van der Waals surface area contributed by atoms with Crippen molar-refractivity contribution in [2.45, 2.75) is 18.9 Å². The molecule has 0 unspecified atom stereocenters. The highest BCUT2D eigenvalue weighted by atomic mass is 32.2. The highest BCUT2D eigenvalue weighted by molar-refractivity contribution is 7.89. The van der Waals surface area contributed by atoms with Gasteiger partial charge in [-0.1, -0.05) is 0 Å². The molecule has 0 saturated carbocycles. The lowest BCUT2D eigenvalue weighted by atomic mass is 10.2. The second-order valence-corrected chi connectivity index (χ2v) is 6.42. The fraction of sp³-hybridized carbons (Fsp3) is 0.545. The van der Waals surface area contributed by atoms with E-state index in [-0.39, 0.29) is 11.8 Å². The van der Waals surface area contributed by atoms with E-state index in [2.05, 4.69) is 4.98 Å². The van der Waals surface area contributed by atoms with Gasteiger partial charge in [0.05, 0.1) is 5.75 Å². The minimum absolute atomic E-state index is 0.00861. The van der Waals surface area contributed by atoms with E-state index in [1.54, 1.807) is 12.4 Å². The molecule has 0 spiro atoms. The zero-order chi connectivity index (χ0) is 12.3. The van der Waals surface area contributed by atoms with E-state index < -0.39 is 10.0 Å². The molecule has 0 amide bonds. The molecule has 6 heteroatoms. The Morgan fingerprint density at radius 2 is 2.12 bits per heavy atom. The standard InChI is InChI=1S/C11H17N3O2S/c12-11-3-7-14(9-11)17(15,16)8-4-10-1-5-13-6-2-10/h1-2,5-6,11H,3-4,7-9,12H2/t11-/m0/s1. The molecule has 94 valence electrons. The predicted molar refractivity (Wildman–Crippen MR) is 65.9 cm³/mol. The number of sulfonamides is 1. The molecule has 1 aromatic heterocycles. The highest BCUT2D eigenvalue weighted by Gasteiger charge is 2.28. The first-order valence-corrected chi connectivity index (χ1v) is 7.31. The SMILES string of the molecule is N[C@H]1CCN(S(=O)(=O)CCc2ccncc2)C1. The molecule has 2 rings (SSSR count). The number of pyridine rings is 1. The van der Waals surface area contributed by atoms with Gasteiger partial charge in [0, 0.05) is 31.5 Å². The maximum Gasteiger partial charge on any atom is 0.214 e. The van der Waals surface area contributed by atoms with Crippen LogP contribution in [0, 0.1) is 0 Å². The number of nitrogens with two attached hydrogens (primary N) is 1. The van der Waals surface area contributed by atoms with Crippen molar-refractivity contribution in [2.75, 3.05) is 18.8 Å². The molecule has 1 fully saturated rings. The van der Waals surface area contributed by atoms with E-state index in [1.807, 2.05) is 12.1 Å². The van der Waals surface area contributed by atoms with E-state index in [0.717, 1.165) is 12.0 Å². The first kappa shape index (κ1) is 12.5. The number of rotatable bonds is 4. The Balaban J connectivity index is 1.94. The van der Waals surface area contributed by atoms with Crippen molar-refractivity contribution in [3.8, 4) is 0 Å². The summed E-state index contributed by atoms with van der Waals surface area (Å²) in [6, 6.07) is 3.67. The van der Waals surface area contributed by atoms with Gasteiger partial charge >= 0.3 is 0 Å². The fourth-order valence-corrected chi connectivity index (χ4v) is 3.49. The molecule has 1 aliphatic heterocycles. The third-order valence-corrected chi connectivity index (χ3v) is 4.82. The normalized spacial score (nSPS) is 21.8. The molecule has 1 saturated heterocycles. The lowest BCUT2D eigenvalue weighted by molar-refractivity contribution is 0.472. The lowest BCUT2D eigenvalue weighted by Gasteiger charge is -2.15. The van der Waals surface area contributed by atoms with Gasteiger partial charge in [-0.15, -0.1) is 0 Å². The third kappa shape index (κ3) is 3.24. The van der Waals surface area contributed by atoms with Gasteiger partial charge in [0.15, 0.2) is 0 Å². The molecule has 1 atom stereocenters. The molecule has 0 bridgehead atoms. The Kier molecular flexibility index (Phi) is 3.76. The zero-order valence-electron chi connectivity index (χ0n) is 9.62. The third-order valence-electron chi connectivity index (χ3n) is 2.98. The second-order valence-electron chi connectivity index (χ2n) is 4.33. The van der Waals surface area contributed by atoms with E-state index >= 15 is 0 Å². The van der Waals surface area contributed by atoms with Crippen LogP contribution >= 0.6 is 0 Å². The van der Waals surface area contributed by atoms with Crippen molar-refractivity contribution in [3.05, 3.63) is 30.1 Å². The number of aromatic nitrogens is 1. The summed E-state index contributed by atoms with van der Waals surface area (Å²) in [6.45, 7) is 1.01. The number of aryl methyl sites for hydroxylation is 1. The van der Waals surface area contributed by atoms with Gasteiger partial charge in [-0.2, -0.15) is 0 Å². The van der Waals surface area contributed by atoms with Crippen LogP contribution in [0.15, 0.2) is 24.5 Å². The predicted octanol–water partition coefficient (Wildman–Crippen LogP) is -0.0131. The molecule has 0 aliphatic carbocycles. The van der Waals surface area contributed by atoms with Gasteiger partial charge in [0.2, 0.25) is 10.0 Å². The van der Waals surface area contributed by atoms with E-state index in [1.165, 1.54) is 4.31 Å². The molecule has 1 aromatic rings. The van der Waals surface area contributed by atoms with Gasteiger partial charge < -0.3 is 5.73 Å². The van der Waals surface area contributed by atoms with Crippen molar-refractivity contribution in [1.29, 1.82) is 0 Å². The highest BCUT2D eigenvalue weighted by Crippen LogP contribution is 2.13. The summed E-state index contributed by atoms with van der Waals surface area (Å²) in [5.74, 6) is 0.143. The van der Waals surface area contributed by atoms with Gasteiger partial charge in [0.1, 0.15) is 0 Å². The summed E-state index contributed by atoms with van der Waals surface area (Å²) in [5, 5.41) is 0. The molecule has 17 heavy (non-hydrogen) atoms. The van der Waals surface area contributed by atoms with Crippen molar-refractivity contribution in [2.24, 2.45) is 5.73 Å². The first-order valence-electron chi connectivity index (χ1n) is 5.70. The fourth-order valence-electron chi connectivity index (χ4n) is 1.93. The van der Waals surface area contributed by atoms with E-state index in [9.17, 15) is 8.42 Å². The summed E-state index contributed by atoms with van der Waals surface area (Å²) in [6.07, 6.45) is 4.63. The Bertz CT molecular complexity index is 461. The Morgan fingerprint density at radius 1 is 1.41 bits per heavy atom. The molecule has 1 aliphatic rings. The van der Waals surface area contributed by atoms with Crippen LogP contribution in [0.4, 0.5) is 0 Å². The largest absolute Gasteiger partial charge is 0.326 e. The van der Waals surface area contributed by atoms with Crippen LogP contribution in [0.5, 0.6) is 0 Å². The average molecular weight is 255 g/mol. The number of nitrogens with zero attached hydrogens (tertiary/aromatic N) is 2. The Hall–Kier alpha value is -0.980. The van der Waals surface area contributed by atoms with Crippen LogP contribution < -0.4 is 5.73 Å². The molecule has 0 aromatic carbocycles. The summed E-state index contributed by atoms with van der Waals surface area (Å²) in [5.41, 5.74) is 6.71. The van der Waals surface area contributed by atoms with Gasteiger partial charge in [-0.3, -0.25) is 4.98 Å². The van der Waals surface area contributed by atoms with Crippen LogP contribution in [-0.2, 0) is 16.4 Å². The Labute approximate surface area is 102 Å². The van der Waals surface area contributed by atoms with Crippen LogP contribution in [-0.4, -0.2) is 42.6 Å². The van der Waals surface area contributed by atoms with E-state index in [4.69, 9.17) is 5.73 Å². The van der Waals surface area contributed by atoms with Crippen molar-refractivity contribution in [1.82, 2.24) is 9.29 Å². The van der Waals surface area contributed by atoms with Crippen LogP contribution in [0.2, 0.25) is 0 Å². The molecular formula is C11H17N3O2S. The first-order chi connectivity index (χ1) is 8.08. The Morgan fingerprint density at radius 3 is 2.71 bits per heavy atom. The van der Waals surface area contributed by atoms with Gasteiger partial charge in [-0.05, 0) is 30.5 Å². The van der Waals surface area contributed by atoms with E-state index in [0.29, 0.717) is 19.5 Å². The quantitative estimate of drug-likeness (QED) is 0.821. The monoisotopic (exact) mass is 255 g/mol. The molecule has 5 nitrogen and oxygen atoms in total. The van der Waals surface area contributed by atoms with Crippen molar-refractivity contribution < 1.29 is 8.42 Å². The molecule has 2 heterocycles. The van der Waals surface area contributed by atoms with Gasteiger partial charge in [0.25, 0.3) is 0 Å². The smallest absolute Gasteiger partial charge is 0.214 e. The molecular weight excluding hydrogens is 238 g/mol. The maximum absolute atomic E-state index is 12.0.